The van der Waals surface area contributed by atoms with E-state index in [0.717, 1.165) is 19.4 Å². The quantitative estimate of drug-likeness (QED) is 0.785. The molecular weight excluding hydrogens is 210 g/mol. The molecule has 88 valence electrons. The molecule has 1 aliphatic heterocycles. The van der Waals surface area contributed by atoms with Gasteiger partial charge >= 0.3 is 0 Å². The Kier molecular flexibility index (Phi) is 2.99. The number of rotatable bonds is 2. The van der Waals surface area contributed by atoms with Gasteiger partial charge in [0.05, 0.1) is 0 Å². The van der Waals surface area contributed by atoms with Crippen molar-refractivity contribution in [2.24, 2.45) is 0 Å². The minimum atomic E-state index is -2.47. The predicted octanol–water partition coefficient (Wildman–Crippen LogP) is 3.20. The van der Waals surface area contributed by atoms with Crippen LogP contribution < -0.4 is 10.6 Å². The molecule has 1 fully saturated rings. The Morgan fingerprint density at radius 3 is 2.75 bits per heavy atom. The second-order valence-electron chi connectivity index (χ2n) is 4.30. The second kappa shape index (κ2) is 4.28. The number of hydrogen-bond acceptors (Lipinski definition) is 2. The first-order valence-corrected chi connectivity index (χ1v) is 5.54. The molecule has 0 spiro atoms. The molecule has 4 heteroatoms. The van der Waals surface area contributed by atoms with E-state index >= 15 is 0 Å². The van der Waals surface area contributed by atoms with Crippen molar-refractivity contribution in [2.45, 2.75) is 32.2 Å². The van der Waals surface area contributed by atoms with Crippen LogP contribution in [-0.2, 0) is 0 Å². The van der Waals surface area contributed by atoms with Crippen molar-refractivity contribution in [3.63, 3.8) is 0 Å². The summed E-state index contributed by atoms with van der Waals surface area (Å²) in [6.07, 6.45) is -0.340. The minimum Gasteiger partial charge on any atom is -0.399 e. The van der Waals surface area contributed by atoms with Gasteiger partial charge in [-0.1, -0.05) is 0 Å². The summed E-state index contributed by atoms with van der Waals surface area (Å²) >= 11 is 0. The number of hydrogen-bond donors (Lipinski definition) is 1. The van der Waals surface area contributed by atoms with Crippen LogP contribution in [0.2, 0.25) is 0 Å². The highest BCUT2D eigenvalue weighted by Crippen LogP contribution is 2.35. The molecule has 1 aliphatic rings. The fourth-order valence-electron chi connectivity index (χ4n) is 2.30. The lowest BCUT2D eigenvalue weighted by Crippen LogP contribution is -2.27. The number of benzene rings is 1. The average Bonchev–Trinajstić information content (AvgIpc) is 2.64. The van der Waals surface area contributed by atoms with Crippen LogP contribution in [0.1, 0.15) is 31.8 Å². The van der Waals surface area contributed by atoms with Gasteiger partial charge in [0.15, 0.2) is 0 Å². The van der Waals surface area contributed by atoms with Gasteiger partial charge in [-0.25, -0.2) is 8.78 Å². The third-order valence-electron chi connectivity index (χ3n) is 3.15. The summed E-state index contributed by atoms with van der Waals surface area (Å²) in [5, 5.41) is 0. The molecule has 2 N–H and O–H groups in total. The molecule has 1 saturated heterocycles. The summed E-state index contributed by atoms with van der Waals surface area (Å²) in [6, 6.07) is 5.11. The SMILES string of the molecule is CC1CCCN1c1ccc(N)cc1C(F)F. The lowest BCUT2D eigenvalue weighted by molar-refractivity contribution is 0.152. The first-order valence-electron chi connectivity index (χ1n) is 5.54. The average molecular weight is 226 g/mol. The van der Waals surface area contributed by atoms with Crippen molar-refractivity contribution in [2.75, 3.05) is 17.2 Å². The summed E-state index contributed by atoms with van der Waals surface area (Å²) in [5.41, 5.74) is 6.62. The zero-order chi connectivity index (χ0) is 11.7. The Balaban J connectivity index is 2.39. The molecule has 16 heavy (non-hydrogen) atoms. The molecule has 2 nitrogen and oxygen atoms in total. The number of nitrogen functional groups attached to an aromatic ring is 1. The molecule has 1 aromatic rings. The molecule has 1 heterocycles. The minimum absolute atomic E-state index is 0.0498. The summed E-state index contributed by atoms with van der Waals surface area (Å²) in [7, 11) is 0. The van der Waals surface area contributed by atoms with Crippen LogP contribution in [0.3, 0.4) is 0 Å². The third kappa shape index (κ3) is 1.96. The largest absolute Gasteiger partial charge is 0.399 e. The molecule has 1 atom stereocenters. The maximum Gasteiger partial charge on any atom is 0.265 e. The number of halogens is 2. The zero-order valence-electron chi connectivity index (χ0n) is 9.29. The van der Waals surface area contributed by atoms with E-state index in [0.29, 0.717) is 17.4 Å². The highest BCUT2D eigenvalue weighted by molar-refractivity contribution is 5.61. The summed E-state index contributed by atoms with van der Waals surface area (Å²) in [4.78, 5) is 2.04. The number of anilines is 2. The lowest BCUT2D eigenvalue weighted by atomic mass is 10.1. The van der Waals surface area contributed by atoms with E-state index in [4.69, 9.17) is 5.73 Å². The van der Waals surface area contributed by atoms with Crippen LogP contribution in [0.4, 0.5) is 20.2 Å². The lowest BCUT2D eigenvalue weighted by Gasteiger charge is -2.26. The van der Waals surface area contributed by atoms with Gasteiger partial charge in [0.2, 0.25) is 0 Å². The Morgan fingerprint density at radius 1 is 1.44 bits per heavy atom. The van der Waals surface area contributed by atoms with Crippen molar-refractivity contribution in [3.8, 4) is 0 Å². The fraction of sp³-hybridized carbons (Fsp3) is 0.500. The van der Waals surface area contributed by atoms with Crippen LogP contribution in [0.25, 0.3) is 0 Å². The molecule has 0 aliphatic carbocycles. The van der Waals surface area contributed by atoms with E-state index < -0.39 is 6.43 Å². The Morgan fingerprint density at radius 2 is 2.19 bits per heavy atom. The standard InChI is InChI=1S/C12H16F2N2/c1-8-3-2-6-16(8)11-5-4-9(15)7-10(11)12(13)14/h4-5,7-8,12H,2-3,6,15H2,1H3. The van der Waals surface area contributed by atoms with Crippen molar-refractivity contribution >= 4 is 11.4 Å². The first kappa shape index (κ1) is 11.2. The molecule has 0 saturated carbocycles. The van der Waals surface area contributed by atoms with Crippen molar-refractivity contribution in [1.82, 2.24) is 0 Å². The number of alkyl halides is 2. The highest BCUT2D eigenvalue weighted by Gasteiger charge is 2.25. The second-order valence-corrected chi connectivity index (χ2v) is 4.30. The first-order chi connectivity index (χ1) is 7.59. The maximum atomic E-state index is 12.9. The Bertz CT molecular complexity index is 379. The normalized spacial score (nSPS) is 20.8. The smallest absolute Gasteiger partial charge is 0.265 e. The van der Waals surface area contributed by atoms with Gasteiger partial charge in [0, 0.05) is 29.5 Å². The predicted molar refractivity (Wildman–Crippen MR) is 61.9 cm³/mol. The summed E-state index contributed by atoms with van der Waals surface area (Å²) in [6.45, 7) is 2.92. The van der Waals surface area contributed by atoms with Crippen LogP contribution >= 0.6 is 0 Å². The van der Waals surface area contributed by atoms with Crippen LogP contribution in [0.5, 0.6) is 0 Å². The van der Waals surface area contributed by atoms with Crippen LogP contribution in [0.15, 0.2) is 18.2 Å². The van der Waals surface area contributed by atoms with E-state index in [1.165, 1.54) is 6.07 Å². The molecule has 2 rings (SSSR count). The summed E-state index contributed by atoms with van der Waals surface area (Å²) < 4.78 is 25.8. The van der Waals surface area contributed by atoms with Crippen molar-refractivity contribution in [3.05, 3.63) is 23.8 Å². The molecule has 0 amide bonds. The topological polar surface area (TPSA) is 29.3 Å². The Labute approximate surface area is 94.0 Å². The van der Waals surface area contributed by atoms with Crippen molar-refractivity contribution < 1.29 is 8.78 Å². The molecular formula is C12H16F2N2. The third-order valence-corrected chi connectivity index (χ3v) is 3.15. The molecule has 1 unspecified atom stereocenters. The van der Waals surface area contributed by atoms with Crippen LogP contribution in [0, 0.1) is 0 Å². The van der Waals surface area contributed by atoms with Gasteiger partial charge in [-0.2, -0.15) is 0 Å². The van der Waals surface area contributed by atoms with Gasteiger partial charge in [-0.15, -0.1) is 0 Å². The highest BCUT2D eigenvalue weighted by atomic mass is 19.3. The summed E-state index contributed by atoms with van der Waals surface area (Å²) in [5.74, 6) is 0. The number of nitrogens with two attached hydrogens (primary N) is 1. The van der Waals surface area contributed by atoms with E-state index in [-0.39, 0.29) is 5.56 Å². The Hall–Kier alpha value is -1.32. The number of nitrogens with zero attached hydrogens (tertiary/aromatic N) is 1. The van der Waals surface area contributed by atoms with Gasteiger partial charge in [0.25, 0.3) is 6.43 Å². The molecule has 0 bridgehead atoms. The van der Waals surface area contributed by atoms with E-state index in [1.54, 1.807) is 12.1 Å². The van der Waals surface area contributed by atoms with E-state index in [2.05, 4.69) is 6.92 Å². The van der Waals surface area contributed by atoms with E-state index in [9.17, 15) is 8.78 Å². The molecule has 1 aromatic carbocycles. The van der Waals surface area contributed by atoms with Gasteiger partial charge < -0.3 is 10.6 Å². The van der Waals surface area contributed by atoms with Gasteiger partial charge in [-0.05, 0) is 38.0 Å². The maximum absolute atomic E-state index is 12.9. The fourth-order valence-corrected chi connectivity index (χ4v) is 2.30. The monoisotopic (exact) mass is 226 g/mol. The zero-order valence-corrected chi connectivity index (χ0v) is 9.29. The van der Waals surface area contributed by atoms with E-state index in [1.807, 2.05) is 4.90 Å². The van der Waals surface area contributed by atoms with Crippen LogP contribution in [-0.4, -0.2) is 12.6 Å². The molecule has 0 aromatic heterocycles. The van der Waals surface area contributed by atoms with Gasteiger partial charge in [-0.3, -0.25) is 0 Å². The van der Waals surface area contributed by atoms with Gasteiger partial charge in [0.1, 0.15) is 0 Å². The molecule has 0 radical (unpaired) electrons. The van der Waals surface area contributed by atoms with Crippen molar-refractivity contribution in [1.29, 1.82) is 0 Å².